The largest absolute Gasteiger partial charge is 0.399 e. The summed E-state index contributed by atoms with van der Waals surface area (Å²) in [6.07, 6.45) is 0.861. The van der Waals surface area contributed by atoms with E-state index < -0.39 is 0 Å². The molecular weight excluding hydrogens is 268 g/mol. The van der Waals surface area contributed by atoms with E-state index in [1.54, 1.807) is 13.0 Å². The van der Waals surface area contributed by atoms with E-state index in [1.165, 1.54) is 9.96 Å². The molecule has 7 heteroatoms. The average Bonchev–Trinajstić information content (AvgIpc) is 2.83. The van der Waals surface area contributed by atoms with Gasteiger partial charge in [0.2, 0.25) is 0 Å². The Balaban J connectivity index is 1.70. The van der Waals surface area contributed by atoms with Gasteiger partial charge in [0.05, 0.1) is 0 Å². The maximum atomic E-state index is 11.5. The summed E-state index contributed by atoms with van der Waals surface area (Å²) in [6, 6.07) is 9.53. The molecule has 2 heterocycles. The number of aryl methyl sites for hydroxylation is 1. The Morgan fingerprint density at radius 3 is 2.86 bits per heavy atom. The zero-order valence-electron chi connectivity index (χ0n) is 11.6. The summed E-state index contributed by atoms with van der Waals surface area (Å²) in [5.41, 5.74) is 7.90. The standard InChI is InChI=1S/C14H16N6O/c1-9-17-12(8-13-18-19-14(21)20(9)13)16-7-6-10-2-4-11(15)5-3-10/h2-5,8,16H,6-7,15H2,1H3,(H,19,21). The van der Waals surface area contributed by atoms with Crippen LogP contribution in [0.4, 0.5) is 11.5 Å². The monoisotopic (exact) mass is 284 g/mol. The van der Waals surface area contributed by atoms with Crippen LogP contribution in [-0.2, 0) is 6.42 Å². The smallest absolute Gasteiger partial charge is 0.349 e. The van der Waals surface area contributed by atoms with E-state index in [1.807, 2.05) is 24.3 Å². The molecular formula is C14H16N6O. The Hall–Kier alpha value is -2.83. The first-order valence-electron chi connectivity index (χ1n) is 6.66. The van der Waals surface area contributed by atoms with Gasteiger partial charge in [-0.05, 0) is 31.0 Å². The van der Waals surface area contributed by atoms with E-state index in [9.17, 15) is 4.79 Å². The molecule has 0 unspecified atom stereocenters. The van der Waals surface area contributed by atoms with Crippen LogP contribution in [0.25, 0.3) is 5.65 Å². The molecule has 1 aromatic carbocycles. The van der Waals surface area contributed by atoms with Gasteiger partial charge in [-0.3, -0.25) is 0 Å². The molecule has 21 heavy (non-hydrogen) atoms. The molecule has 0 saturated heterocycles. The highest BCUT2D eigenvalue weighted by Crippen LogP contribution is 2.09. The van der Waals surface area contributed by atoms with Crippen molar-refractivity contribution >= 4 is 17.2 Å². The van der Waals surface area contributed by atoms with Gasteiger partial charge in [-0.1, -0.05) is 12.1 Å². The van der Waals surface area contributed by atoms with Gasteiger partial charge >= 0.3 is 5.69 Å². The lowest BCUT2D eigenvalue weighted by Crippen LogP contribution is -2.14. The molecule has 0 spiro atoms. The van der Waals surface area contributed by atoms with E-state index in [4.69, 9.17) is 5.73 Å². The number of aromatic amines is 1. The van der Waals surface area contributed by atoms with Crippen molar-refractivity contribution in [3.05, 3.63) is 52.2 Å². The van der Waals surface area contributed by atoms with Gasteiger partial charge in [-0.15, -0.1) is 0 Å². The molecule has 0 aliphatic heterocycles. The number of hydrogen-bond acceptors (Lipinski definition) is 5. The molecule has 108 valence electrons. The topological polar surface area (TPSA) is 101 Å². The van der Waals surface area contributed by atoms with Crippen LogP contribution in [0.3, 0.4) is 0 Å². The molecule has 0 amide bonds. The van der Waals surface area contributed by atoms with Crippen molar-refractivity contribution in [2.45, 2.75) is 13.3 Å². The second kappa shape index (κ2) is 5.28. The number of fused-ring (bicyclic) bond motifs is 1. The fourth-order valence-electron chi connectivity index (χ4n) is 2.21. The number of hydrogen-bond donors (Lipinski definition) is 3. The molecule has 0 atom stereocenters. The average molecular weight is 284 g/mol. The van der Waals surface area contributed by atoms with E-state index >= 15 is 0 Å². The minimum absolute atomic E-state index is 0.275. The van der Waals surface area contributed by atoms with Gasteiger partial charge in [0.25, 0.3) is 0 Å². The van der Waals surface area contributed by atoms with Crippen LogP contribution in [0.5, 0.6) is 0 Å². The number of anilines is 2. The van der Waals surface area contributed by atoms with Crippen LogP contribution in [0.15, 0.2) is 35.1 Å². The number of nitrogen functional groups attached to an aromatic ring is 1. The molecule has 0 fully saturated rings. The number of nitrogens with zero attached hydrogens (tertiary/aromatic N) is 3. The minimum Gasteiger partial charge on any atom is -0.399 e. The van der Waals surface area contributed by atoms with E-state index in [2.05, 4.69) is 20.5 Å². The highest BCUT2D eigenvalue weighted by molar-refractivity contribution is 5.49. The predicted octanol–water partition coefficient (Wildman–Crippen LogP) is 0.963. The molecule has 3 aromatic rings. The summed E-state index contributed by atoms with van der Waals surface area (Å²) < 4.78 is 1.44. The first-order chi connectivity index (χ1) is 10.1. The number of rotatable bonds is 4. The van der Waals surface area contributed by atoms with Gasteiger partial charge < -0.3 is 11.1 Å². The SMILES string of the molecule is Cc1nc(NCCc2ccc(N)cc2)cc2n[nH]c(=O)n12. The van der Waals surface area contributed by atoms with E-state index in [0.29, 0.717) is 17.3 Å². The predicted molar refractivity (Wildman–Crippen MR) is 81.4 cm³/mol. The Morgan fingerprint density at radius 1 is 1.33 bits per heavy atom. The summed E-state index contributed by atoms with van der Waals surface area (Å²) in [7, 11) is 0. The normalized spacial score (nSPS) is 10.9. The zero-order valence-corrected chi connectivity index (χ0v) is 11.6. The van der Waals surface area contributed by atoms with Gasteiger partial charge in [0.1, 0.15) is 11.6 Å². The zero-order chi connectivity index (χ0) is 14.8. The van der Waals surface area contributed by atoms with Crippen molar-refractivity contribution in [1.29, 1.82) is 0 Å². The molecule has 0 bridgehead atoms. The fourth-order valence-corrected chi connectivity index (χ4v) is 2.21. The summed E-state index contributed by atoms with van der Waals surface area (Å²) in [5.74, 6) is 1.30. The minimum atomic E-state index is -0.275. The van der Waals surface area contributed by atoms with Gasteiger partial charge in [-0.2, -0.15) is 5.10 Å². The Kier molecular flexibility index (Phi) is 3.31. The third kappa shape index (κ3) is 2.71. The summed E-state index contributed by atoms with van der Waals surface area (Å²) >= 11 is 0. The fraction of sp³-hybridized carbons (Fsp3) is 0.214. The second-order valence-electron chi connectivity index (χ2n) is 4.83. The van der Waals surface area contributed by atoms with E-state index in [-0.39, 0.29) is 5.69 Å². The summed E-state index contributed by atoms with van der Waals surface area (Å²) in [4.78, 5) is 15.9. The third-order valence-corrected chi connectivity index (χ3v) is 3.27. The van der Waals surface area contributed by atoms with Crippen LogP contribution >= 0.6 is 0 Å². The van der Waals surface area contributed by atoms with Crippen molar-refractivity contribution in [2.24, 2.45) is 0 Å². The van der Waals surface area contributed by atoms with Gasteiger partial charge in [0, 0.05) is 18.3 Å². The van der Waals surface area contributed by atoms with Crippen molar-refractivity contribution in [3.8, 4) is 0 Å². The lowest BCUT2D eigenvalue weighted by molar-refractivity contribution is 0.925. The van der Waals surface area contributed by atoms with Crippen molar-refractivity contribution < 1.29 is 0 Å². The Morgan fingerprint density at radius 2 is 2.10 bits per heavy atom. The lowest BCUT2D eigenvalue weighted by atomic mass is 10.1. The van der Waals surface area contributed by atoms with E-state index in [0.717, 1.165) is 18.7 Å². The van der Waals surface area contributed by atoms with Gasteiger partial charge in [-0.25, -0.2) is 19.3 Å². The molecule has 3 rings (SSSR count). The quantitative estimate of drug-likeness (QED) is 0.619. The number of benzene rings is 1. The number of aromatic nitrogens is 4. The highest BCUT2D eigenvalue weighted by atomic mass is 16.1. The van der Waals surface area contributed by atoms with Crippen LogP contribution < -0.4 is 16.7 Å². The summed E-state index contributed by atoms with van der Waals surface area (Å²) in [5, 5.41) is 9.60. The summed E-state index contributed by atoms with van der Waals surface area (Å²) in [6.45, 7) is 2.51. The molecule has 0 saturated carbocycles. The number of nitrogens with one attached hydrogen (secondary N) is 2. The first-order valence-corrected chi connectivity index (χ1v) is 6.66. The third-order valence-electron chi connectivity index (χ3n) is 3.27. The molecule has 0 aliphatic rings. The highest BCUT2D eigenvalue weighted by Gasteiger charge is 2.06. The molecule has 0 aliphatic carbocycles. The molecule has 7 nitrogen and oxygen atoms in total. The van der Waals surface area contributed by atoms with Crippen LogP contribution in [0.2, 0.25) is 0 Å². The molecule has 2 aromatic heterocycles. The number of nitrogens with two attached hydrogens (primary N) is 1. The van der Waals surface area contributed by atoms with Crippen LogP contribution in [-0.4, -0.2) is 26.1 Å². The maximum absolute atomic E-state index is 11.5. The molecule has 0 radical (unpaired) electrons. The second-order valence-corrected chi connectivity index (χ2v) is 4.83. The van der Waals surface area contributed by atoms with Crippen molar-refractivity contribution in [1.82, 2.24) is 19.6 Å². The molecule has 4 N–H and O–H groups in total. The van der Waals surface area contributed by atoms with Gasteiger partial charge in [0.15, 0.2) is 5.65 Å². The van der Waals surface area contributed by atoms with Crippen LogP contribution in [0, 0.1) is 6.92 Å². The first kappa shape index (κ1) is 13.2. The van der Waals surface area contributed by atoms with Crippen LogP contribution in [0.1, 0.15) is 11.4 Å². The number of H-pyrrole nitrogens is 1. The Bertz CT molecular complexity index is 818. The lowest BCUT2D eigenvalue weighted by Gasteiger charge is -2.07. The van der Waals surface area contributed by atoms with Crippen molar-refractivity contribution in [3.63, 3.8) is 0 Å². The van der Waals surface area contributed by atoms with Crippen molar-refractivity contribution in [2.75, 3.05) is 17.6 Å². The maximum Gasteiger partial charge on any atom is 0.349 e. The Labute approximate surface area is 120 Å².